The van der Waals surface area contributed by atoms with Gasteiger partial charge in [0.2, 0.25) is 5.69 Å². The third-order valence-corrected chi connectivity index (χ3v) is 4.07. The molecule has 110 valence electrons. The van der Waals surface area contributed by atoms with Crippen LogP contribution >= 0.6 is 0 Å². The van der Waals surface area contributed by atoms with Gasteiger partial charge in [-0.15, -0.1) is 0 Å². The van der Waals surface area contributed by atoms with Gasteiger partial charge in [0.05, 0.1) is 0 Å². The van der Waals surface area contributed by atoms with Crippen LogP contribution in [-0.2, 0) is 7.05 Å². The first-order valence-corrected chi connectivity index (χ1v) is 7.44. The van der Waals surface area contributed by atoms with Crippen molar-refractivity contribution in [2.45, 2.75) is 20.7 Å². The summed E-state index contributed by atoms with van der Waals surface area (Å²) in [6.07, 6.45) is 2.14. The smallest absolute Gasteiger partial charge is 0.200 e. The van der Waals surface area contributed by atoms with E-state index in [1.54, 1.807) is 12.1 Å². The number of hydrogen-bond donors (Lipinski definition) is 0. The SMILES string of the molecule is [2H]C([2H])([2H])c1ccc(-c2cc(C)c(-c3ccccc3)c[n+]2C)c(C)c1. The van der Waals surface area contributed by atoms with Crippen LogP contribution in [0.3, 0.4) is 0 Å². The van der Waals surface area contributed by atoms with E-state index in [1.165, 1.54) is 16.7 Å². The fourth-order valence-electron chi connectivity index (χ4n) is 2.89. The first-order chi connectivity index (χ1) is 11.8. The van der Waals surface area contributed by atoms with Crippen molar-refractivity contribution in [1.29, 1.82) is 0 Å². The maximum absolute atomic E-state index is 7.57. The third kappa shape index (κ3) is 2.67. The van der Waals surface area contributed by atoms with Gasteiger partial charge >= 0.3 is 0 Å². The number of benzene rings is 2. The largest absolute Gasteiger partial charge is 0.212 e. The summed E-state index contributed by atoms with van der Waals surface area (Å²) in [5, 5.41) is 0. The molecule has 0 aliphatic rings. The van der Waals surface area contributed by atoms with E-state index in [-0.39, 0.29) is 0 Å². The monoisotopic (exact) mass is 291 g/mol. The molecule has 3 aromatic rings. The molecule has 22 heavy (non-hydrogen) atoms. The van der Waals surface area contributed by atoms with Crippen molar-refractivity contribution in [2.75, 3.05) is 0 Å². The maximum Gasteiger partial charge on any atom is 0.212 e. The molecule has 1 nitrogen and oxygen atoms in total. The molecule has 0 radical (unpaired) electrons. The normalized spacial score (nSPS) is 13.3. The summed E-state index contributed by atoms with van der Waals surface area (Å²) < 4.78 is 24.8. The number of hydrogen-bond acceptors (Lipinski definition) is 0. The topological polar surface area (TPSA) is 3.88 Å². The third-order valence-electron chi connectivity index (χ3n) is 4.07. The van der Waals surface area contributed by atoms with Crippen molar-refractivity contribution in [3.8, 4) is 22.4 Å². The highest BCUT2D eigenvalue weighted by molar-refractivity contribution is 5.69. The molecule has 0 amide bonds. The molecule has 0 saturated heterocycles. The Balaban J connectivity index is 2.09. The zero-order chi connectivity index (χ0) is 18.2. The van der Waals surface area contributed by atoms with E-state index in [0.29, 0.717) is 5.56 Å². The van der Waals surface area contributed by atoms with E-state index in [0.717, 1.165) is 16.8 Å². The van der Waals surface area contributed by atoms with Crippen LogP contribution in [-0.4, -0.2) is 0 Å². The number of aryl methyl sites for hydroxylation is 4. The lowest BCUT2D eigenvalue weighted by atomic mass is 9.97. The molecular formula is C21H22N+. The lowest BCUT2D eigenvalue weighted by Crippen LogP contribution is -2.31. The van der Waals surface area contributed by atoms with Crippen molar-refractivity contribution in [3.63, 3.8) is 0 Å². The van der Waals surface area contributed by atoms with Crippen LogP contribution < -0.4 is 4.57 Å². The minimum Gasteiger partial charge on any atom is -0.200 e. The van der Waals surface area contributed by atoms with Crippen molar-refractivity contribution < 1.29 is 8.68 Å². The quantitative estimate of drug-likeness (QED) is 0.599. The fraction of sp³-hybridized carbons (Fsp3) is 0.190. The first-order valence-electron chi connectivity index (χ1n) is 8.94. The van der Waals surface area contributed by atoms with E-state index < -0.39 is 6.85 Å². The van der Waals surface area contributed by atoms with Gasteiger partial charge in [0.15, 0.2) is 6.20 Å². The van der Waals surface area contributed by atoms with Crippen LogP contribution in [0.4, 0.5) is 0 Å². The Bertz CT molecular complexity index is 912. The lowest BCUT2D eigenvalue weighted by Gasteiger charge is -2.10. The minimum atomic E-state index is -2.07. The van der Waals surface area contributed by atoms with E-state index in [1.807, 2.05) is 38.2 Å². The second kappa shape index (κ2) is 5.76. The average Bonchev–Trinajstić information content (AvgIpc) is 2.57. The standard InChI is InChI=1S/C21H22N/c1-15-10-11-19(16(2)12-15)21-13-17(3)20(14-22(21)4)18-8-6-5-7-9-18/h5-14H,1-4H3/q+1/i1D3. The summed E-state index contributed by atoms with van der Waals surface area (Å²) in [6.45, 7) is 2.00. The summed E-state index contributed by atoms with van der Waals surface area (Å²) in [6, 6.07) is 17.9. The van der Waals surface area contributed by atoms with Crippen molar-refractivity contribution >= 4 is 0 Å². The summed E-state index contributed by atoms with van der Waals surface area (Å²) in [5.74, 6) is 0. The van der Waals surface area contributed by atoms with E-state index in [9.17, 15) is 0 Å². The van der Waals surface area contributed by atoms with Gasteiger partial charge in [0.1, 0.15) is 7.05 Å². The van der Waals surface area contributed by atoms with Crippen LogP contribution in [0.2, 0.25) is 0 Å². The van der Waals surface area contributed by atoms with Crippen LogP contribution in [0.5, 0.6) is 0 Å². The van der Waals surface area contributed by atoms with Gasteiger partial charge in [0, 0.05) is 21.3 Å². The first kappa shape index (κ1) is 11.2. The predicted molar refractivity (Wildman–Crippen MR) is 92.7 cm³/mol. The summed E-state index contributed by atoms with van der Waals surface area (Å²) in [4.78, 5) is 0. The molecular weight excluding hydrogens is 266 g/mol. The van der Waals surface area contributed by atoms with Gasteiger partial charge in [-0.25, -0.2) is 4.57 Å². The van der Waals surface area contributed by atoms with Gasteiger partial charge < -0.3 is 0 Å². The molecule has 1 aromatic heterocycles. The van der Waals surface area contributed by atoms with Crippen LogP contribution in [0.15, 0.2) is 60.8 Å². The zero-order valence-corrected chi connectivity index (χ0v) is 13.2. The maximum atomic E-state index is 7.57. The van der Waals surface area contributed by atoms with E-state index in [2.05, 4.69) is 35.9 Å². The van der Waals surface area contributed by atoms with Gasteiger partial charge in [0.25, 0.3) is 0 Å². The zero-order valence-electron chi connectivity index (χ0n) is 16.2. The molecule has 2 aromatic carbocycles. The van der Waals surface area contributed by atoms with Gasteiger partial charge in [-0.05, 0) is 43.5 Å². The molecule has 0 fully saturated rings. The molecule has 0 aliphatic carbocycles. The summed E-state index contributed by atoms with van der Waals surface area (Å²) in [7, 11) is 2.03. The summed E-state index contributed by atoms with van der Waals surface area (Å²) in [5.41, 5.74) is 7.06. The Hall–Kier alpha value is -2.41. The minimum absolute atomic E-state index is 0.383. The molecule has 0 aliphatic heterocycles. The second-order valence-electron chi connectivity index (χ2n) is 5.76. The molecule has 0 atom stereocenters. The highest BCUT2D eigenvalue weighted by Crippen LogP contribution is 2.27. The molecule has 0 bridgehead atoms. The Morgan fingerprint density at radius 3 is 2.27 bits per heavy atom. The molecule has 0 unspecified atom stereocenters. The highest BCUT2D eigenvalue weighted by Gasteiger charge is 2.16. The number of nitrogens with zero attached hydrogens (tertiary/aromatic N) is 1. The van der Waals surface area contributed by atoms with Crippen LogP contribution in [0.1, 0.15) is 20.8 Å². The summed E-state index contributed by atoms with van der Waals surface area (Å²) >= 11 is 0. The molecule has 3 rings (SSSR count). The van der Waals surface area contributed by atoms with Crippen LogP contribution in [0.25, 0.3) is 22.4 Å². The molecule has 0 spiro atoms. The Labute approximate surface area is 137 Å². The number of pyridine rings is 1. The Morgan fingerprint density at radius 2 is 1.59 bits per heavy atom. The van der Waals surface area contributed by atoms with E-state index >= 15 is 0 Å². The number of aromatic nitrogens is 1. The highest BCUT2D eigenvalue weighted by atomic mass is 14.9. The van der Waals surface area contributed by atoms with Gasteiger partial charge in [-0.1, -0.05) is 48.0 Å². The van der Waals surface area contributed by atoms with Crippen molar-refractivity contribution in [2.24, 2.45) is 7.05 Å². The predicted octanol–water partition coefficient (Wildman–Crippen LogP) is 4.77. The molecule has 1 heteroatoms. The van der Waals surface area contributed by atoms with Crippen molar-refractivity contribution in [3.05, 3.63) is 77.5 Å². The fourth-order valence-corrected chi connectivity index (χ4v) is 2.89. The molecule has 0 N–H and O–H groups in total. The second-order valence-corrected chi connectivity index (χ2v) is 5.76. The van der Waals surface area contributed by atoms with Gasteiger partial charge in [-0.3, -0.25) is 0 Å². The van der Waals surface area contributed by atoms with Gasteiger partial charge in [-0.2, -0.15) is 0 Å². The van der Waals surface area contributed by atoms with Crippen molar-refractivity contribution in [1.82, 2.24) is 0 Å². The number of rotatable bonds is 2. The molecule has 1 heterocycles. The Morgan fingerprint density at radius 1 is 0.864 bits per heavy atom. The van der Waals surface area contributed by atoms with E-state index in [4.69, 9.17) is 4.11 Å². The average molecular weight is 291 g/mol. The molecule has 0 saturated carbocycles. The lowest BCUT2D eigenvalue weighted by molar-refractivity contribution is -0.660. The van der Waals surface area contributed by atoms with Crippen LogP contribution in [0, 0.1) is 20.7 Å². The Kier molecular flexibility index (Phi) is 2.93.